The quantitative estimate of drug-likeness (QED) is 0.691. The number of Topliss-reactive ketones (excluding diaryl/α,β-unsaturated/α-hetero) is 1. The van der Waals surface area contributed by atoms with Gasteiger partial charge in [0.25, 0.3) is 0 Å². The van der Waals surface area contributed by atoms with Gasteiger partial charge in [-0.3, -0.25) is 15.1 Å². The normalized spacial score (nSPS) is 23.2. The molecule has 7 heteroatoms. The number of fused-ring (bicyclic) bond motifs is 1. The zero-order chi connectivity index (χ0) is 20.8. The third-order valence-corrected chi connectivity index (χ3v) is 5.48. The van der Waals surface area contributed by atoms with Crippen LogP contribution in [0.1, 0.15) is 18.9 Å². The van der Waals surface area contributed by atoms with Crippen LogP contribution >= 0.6 is 0 Å². The Morgan fingerprint density at radius 2 is 1.83 bits per heavy atom. The van der Waals surface area contributed by atoms with Crippen LogP contribution in [0.3, 0.4) is 0 Å². The Balaban J connectivity index is 1.84. The van der Waals surface area contributed by atoms with Crippen LogP contribution in [0.5, 0.6) is 11.5 Å². The maximum atomic E-state index is 13.3. The summed E-state index contributed by atoms with van der Waals surface area (Å²) in [6.45, 7) is 1.72. The molecule has 1 unspecified atom stereocenters. The highest BCUT2D eigenvalue weighted by molar-refractivity contribution is 6.36. The Labute approximate surface area is 169 Å². The number of ether oxygens (including phenoxy) is 2. The molecule has 2 heterocycles. The fourth-order valence-electron chi connectivity index (χ4n) is 3.91. The van der Waals surface area contributed by atoms with Crippen molar-refractivity contribution in [2.45, 2.75) is 25.5 Å². The van der Waals surface area contributed by atoms with Crippen LogP contribution in [0, 0.1) is 5.41 Å². The number of amidine groups is 1. The molecule has 4 rings (SSSR count). The molecule has 0 amide bonds. The molecule has 1 fully saturated rings. The van der Waals surface area contributed by atoms with Crippen molar-refractivity contribution in [2.75, 3.05) is 24.4 Å². The molecule has 0 spiro atoms. The molecule has 1 saturated heterocycles. The lowest BCUT2D eigenvalue weighted by atomic mass is 10.0. The van der Waals surface area contributed by atoms with E-state index in [1.807, 2.05) is 24.3 Å². The van der Waals surface area contributed by atoms with Gasteiger partial charge in [-0.05, 0) is 11.6 Å². The number of para-hydroxylation sites is 1. The van der Waals surface area contributed by atoms with Crippen molar-refractivity contribution in [1.29, 1.82) is 5.41 Å². The lowest BCUT2D eigenvalue weighted by Gasteiger charge is -2.32. The van der Waals surface area contributed by atoms with Crippen LogP contribution in [-0.2, 0) is 11.2 Å². The smallest absolute Gasteiger partial charge is 0.221 e. The van der Waals surface area contributed by atoms with Crippen molar-refractivity contribution in [2.24, 2.45) is 0 Å². The molecule has 1 atom stereocenters. The van der Waals surface area contributed by atoms with Gasteiger partial charge in [-0.15, -0.1) is 0 Å². The molecule has 2 aromatic carbocycles. The van der Waals surface area contributed by atoms with Gasteiger partial charge in [0.2, 0.25) is 11.5 Å². The van der Waals surface area contributed by atoms with Gasteiger partial charge in [-0.1, -0.05) is 25.1 Å². The summed E-state index contributed by atoms with van der Waals surface area (Å²) >= 11 is 0. The van der Waals surface area contributed by atoms with E-state index in [2.05, 4.69) is 5.32 Å². The number of hydrogen-bond acceptors (Lipinski definition) is 6. The van der Waals surface area contributed by atoms with Crippen LogP contribution in [0.25, 0.3) is 0 Å². The Morgan fingerprint density at radius 3 is 2.41 bits per heavy atom. The Kier molecular flexibility index (Phi) is 4.55. The summed E-state index contributed by atoms with van der Waals surface area (Å²) in [5, 5.41) is 23.3. The van der Waals surface area contributed by atoms with E-state index in [0.29, 0.717) is 29.3 Å². The molecule has 0 bridgehead atoms. The molecule has 2 aromatic rings. The molecule has 0 saturated carbocycles. The SMILES string of the molecule is CCC1(O)C(=O)C(=C2Cc3ccccc3N2)C(=N)N1c1cc(OC)cc(OC)c1. The van der Waals surface area contributed by atoms with Crippen molar-refractivity contribution >= 4 is 23.0 Å². The lowest BCUT2D eigenvalue weighted by Crippen LogP contribution is -2.49. The highest BCUT2D eigenvalue weighted by Gasteiger charge is 2.54. The summed E-state index contributed by atoms with van der Waals surface area (Å²) in [4.78, 5) is 14.7. The van der Waals surface area contributed by atoms with Crippen LogP contribution < -0.4 is 19.7 Å². The van der Waals surface area contributed by atoms with Crippen molar-refractivity contribution in [3.63, 3.8) is 0 Å². The highest BCUT2D eigenvalue weighted by Crippen LogP contribution is 2.42. The van der Waals surface area contributed by atoms with Crippen LogP contribution in [0.2, 0.25) is 0 Å². The van der Waals surface area contributed by atoms with E-state index >= 15 is 0 Å². The molecule has 150 valence electrons. The maximum Gasteiger partial charge on any atom is 0.221 e. The second-order valence-corrected chi connectivity index (χ2v) is 7.07. The van der Waals surface area contributed by atoms with E-state index in [1.165, 1.54) is 19.1 Å². The number of methoxy groups -OCH3 is 2. The first-order valence-electron chi connectivity index (χ1n) is 9.40. The number of benzene rings is 2. The minimum absolute atomic E-state index is 0.0510. The number of allylic oxidation sites excluding steroid dienone is 1. The van der Waals surface area contributed by atoms with E-state index < -0.39 is 11.5 Å². The summed E-state index contributed by atoms with van der Waals surface area (Å²) in [7, 11) is 3.05. The van der Waals surface area contributed by atoms with Crippen molar-refractivity contribution in [3.8, 4) is 11.5 Å². The van der Waals surface area contributed by atoms with Crippen LogP contribution in [0.4, 0.5) is 11.4 Å². The summed E-state index contributed by atoms with van der Waals surface area (Å²) in [6, 6.07) is 12.8. The molecule has 0 radical (unpaired) electrons. The number of nitrogens with one attached hydrogen (secondary N) is 2. The topological polar surface area (TPSA) is 94.9 Å². The van der Waals surface area contributed by atoms with E-state index in [9.17, 15) is 9.90 Å². The molecule has 0 aromatic heterocycles. The average molecular weight is 393 g/mol. The first-order chi connectivity index (χ1) is 13.9. The number of rotatable bonds is 4. The number of ketones is 1. The number of nitrogens with zero attached hydrogens (tertiary/aromatic N) is 1. The summed E-state index contributed by atoms with van der Waals surface area (Å²) in [5.41, 5.74) is 1.40. The Bertz CT molecular complexity index is 997. The van der Waals surface area contributed by atoms with Gasteiger partial charge in [-0.25, -0.2) is 0 Å². The van der Waals surface area contributed by atoms with Gasteiger partial charge in [0, 0.05) is 42.4 Å². The van der Waals surface area contributed by atoms with Gasteiger partial charge in [0.1, 0.15) is 17.3 Å². The second kappa shape index (κ2) is 6.93. The van der Waals surface area contributed by atoms with Gasteiger partial charge in [-0.2, -0.15) is 0 Å². The molecule has 2 aliphatic rings. The van der Waals surface area contributed by atoms with Crippen LogP contribution in [0.15, 0.2) is 53.7 Å². The predicted molar refractivity (Wildman–Crippen MR) is 111 cm³/mol. The molecule has 3 N–H and O–H groups in total. The minimum atomic E-state index is -1.85. The van der Waals surface area contributed by atoms with Crippen LogP contribution in [-0.4, -0.2) is 36.7 Å². The summed E-state index contributed by atoms with van der Waals surface area (Å²) in [5.74, 6) is 0.475. The number of anilines is 2. The van der Waals surface area contributed by atoms with Gasteiger partial charge in [0.05, 0.1) is 25.5 Å². The largest absolute Gasteiger partial charge is 0.497 e. The van der Waals surface area contributed by atoms with Crippen molar-refractivity contribution in [1.82, 2.24) is 0 Å². The third-order valence-electron chi connectivity index (χ3n) is 5.48. The second-order valence-electron chi connectivity index (χ2n) is 7.07. The van der Waals surface area contributed by atoms with Gasteiger partial charge >= 0.3 is 0 Å². The van der Waals surface area contributed by atoms with Gasteiger partial charge in [0.15, 0.2) is 0 Å². The Hall–Kier alpha value is -3.32. The van der Waals surface area contributed by atoms with Crippen molar-refractivity contribution in [3.05, 3.63) is 59.3 Å². The summed E-state index contributed by atoms with van der Waals surface area (Å²) in [6.07, 6.45) is 0.631. The molecule has 7 nitrogen and oxygen atoms in total. The monoisotopic (exact) mass is 393 g/mol. The standard InChI is InChI=1S/C22H23N3O4/c1-4-22(27)20(26)19(18-9-13-7-5-6-8-17(13)24-18)21(23)25(22)14-10-15(28-2)12-16(11-14)29-3/h5-8,10-12,23-24,27H,4,9H2,1-3H3. The molecule has 2 aliphatic heterocycles. The fourth-order valence-corrected chi connectivity index (χ4v) is 3.91. The first kappa shape index (κ1) is 19.0. The van der Waals surface area contributed by atoms with Gasteiger partial charge < -0.3 is 19.9 Å². The fraction of sp³-hybridized carbons (Fsp3) is 0.273. The number of aliphatic hydroxyl groups is 1. The van der Waals surface area contributed by atoms with E-state index in [4.69, 9.17) is 14.9 Å². The molecular weight excluding hydrogens is 370 g/mol. The van der Waals surface area contributed by atoms with E-state index in [0.717, 1.165) is 11.3 Å². The maximum absolute atomic E-state index is 13.3. The minimum Gasteiger partial charge on any atom is -0.497 e. The molecule has 0 aliphatic carbocycles. The predicted octanol–water partition coefficient (Wildman–Crippen LogP) is 3.09. The lowest BCUT2D eigenvalue weighted by molar-refractivity contribution is -0.130. The first-order valence-corrected chi connectivity index (χ1v) is 9.40. The zero-order valence-electron chi connectivity index (χ0n) is 16.6. The van der Waals surface area contributed by atoms with E-state index in [-0.39, 0.29) is 17.8 Å². The number of carbonyl (C=O) groups excluding carboxylic acids is 1. The molecule has 29 heavy (non-hydrogen) atoms. The summed E-state index contributed by atoms with van der Waals surface area (Å²) < 4.78 is 10.6. The van der Waals surface area contributed by atoms with Crippen molar-refractivity contribution < 1.29 is 19.4 Å². The highest BCUT2D eigenvalue weighted by atomic mass is 16.5. The molecular formula is C22H23N3O4. The average Bonchev–Trinajstić information content (AvgIpc) is 3.24. The Morgan fingerprint density at radius 1 is 1.17 bits per heavy atom. The third kappa shape index (κ3) is 2.86. The zero-order valence-corrected chi connectivity index (χ0v) is 16.6. The number of carbonyl (C=O) groups is 1. The number of hydrogen-bond donors (Lipinski definition) is 3. The van der Waals surface area contributed by atoms with E-state index in [1.54, 1.807) is 25.1 Å².